The summed E-state index contributed by atoms with van der Waals surface area (Å²) >= 11 is 0.223. The van der Waals surface area contributed by atoms with E-state index in [0.29, 0.717) is 11.1 Å². The molecule has 2 rings (SSSR count). The SMILES string of the molecule is C=C(C(=O)c1ccccc1[Se]C)C(OCCO)c1ccccc1. The summed E-state index contributed by atoms with van der Waals surface area (Å²) in [4.78, 5) is 12.9. The predicted octanol–water partition coefficient (Wildman–Crippen LogP) is 2.55. The van der Waals surface area contributed by atoms with Gasteiger partial charge in [-0.05, 0) is 0 Å². The molecule has 1 N–H and O–H groups in total. The van der Waals surface area contributed by atoms with Gasteiger partial charge in [0, 0.05) is 0 Å². The summed E-state index contributed by atoms with van der Waals surface area (Å²) < 4.78 is 6.75. The Morgan fingerprint density at radius 3 is 2.48 bits per heavy atom. The van der Waals surface area contributed by atoms with E-state index >= 15 is 0 Å². The zero-order valence-electron chi connectivity index (χ0n) is 13.1. The van der Waals surface area contributed by atoms with Crippen LogP contribution in [0, 0.1) is 0 Å². The van der Waals surface area contributed by atoms with E-state index in [4.69, 9.17) is 9.84 Å². The number of ketones is 1. The van der Waals surface area contributed by atoms with Crippen LogP contribution in [0.3, 0.4) is 0 Å². The molecule has 0 heterocycles. The number of rotatable bonds is 8. The van der Waals surface area contributed by atoms with Crippen LogP contribution in [0.5, 0.6) is 0 Å². The van der Waals surface area contributed by atoms with Gasteiger partial charge < -0.3 is 0 Å². The Morgan fingerprint density at radius 2 is 1.83 bits per heavy atom. The number of benzene rings is 2. The van der Waals surface area contributed by atoms with E-state index in [2.05, 4.69) is 12.4 Å². The van der Waals surface area contributed by atoms with Crippen LogP contribution in [0.4, 0.5) is 0 Å². The van der Waals surface area contributed by atoms with Gasteiger partial charge in [-0.2, -0.15) is 0 Å². The Balaban J connectivity index is 2.31. The summed E-state index contributed by atoms with van der Waals surface area (Å²) in [6, 6.07) is 17.1. The van der Waals surface area contributed by atoms with E-state index in [9.17, 15) is 4.79 Å². The van der Waals surface area contributed by atoms with Gasteiger partial charge in [0.1, 0.15) is 0 Å². The van der Waals surface area contributed by atoms with Crippen molar-refractivity contribution < 1.29 is 14.6 Å². The van der Waals surface area contributed by atoms with Crippen molar-refractivity contribution in [3.05, 3.63) is 77.9 Å². The summed E-state index contributed by atoms with van der Waals surface area (Å²) in [5.41, 5.74) is 1.94. The molecule has 0 fully saturated rings. The molecule has 0 aromatic heterocycles. The van der Waals surface area contributed by atoms with E-state index in [1.54, 1.807) is 0 Å². The van der Waals surface area contributed by atoms with Crippen molar-refractivity contribution in [1.29, 1.82) is 0 Å². The molecule has 3 nitrogen and oxygen atoms in total. The standard InChI is InChI=1S/C19H20O3Se/c1-14(18(21)16-10-6-7-11-17(16)23-2)19(22-13-12-20)15-8-4-3-5-9-15/h3-11,19-20H,1,12-13H2,2H3. The van der Waals surface area contributed by atoms with Gasteiger partial charge in [-0.1, -0.05) is 0 Å². The molecule has 120 valence electrons. The third-order valence-electron chi connectivity index (χ3n) is 3.44. The maximum atomic E-state index is 12.9. The van der Waals surface area contributed by atoms with Crippen molar-refractivity contribution in [3.63, 3.8) is 0 Å². The molecule has 4 heteroatoms. The molecule has 0 bridgehead atoms. The fraction of sp³-hybridized carbons (Fsp3) is 0.211. The molecule has 23 heavy (non-hydrogen) atoms. The molecule has 0 radical (unpaired) electrons. The molecular weight excluding hydrogens is 355 g/mol. The van der Waals surface area contributed by atoms with Crippen LogP contribution < -0.4 is 4.46 Å². The molecule has 0 spiro atoms. The van der Waals surface area contributed by atoms with Crippen LogP contribution in [0.1, 0.15) is 22.0 Å². The Labute approximate surface area is 143 Å². The molecule has 0 saturated carbocycles. The van der Waals surface area contributed by atoms with Crippen LogP contribution in [0.15, 0.2) is 66.7 Å². The van der Waals surface area contributed by atoms with E-state index in [-0.39, 0.29) is 34.0 Å². The number of aliphatic hydroxyl groups is 1. The maximum absolute atomic E-state index is 12.9. The summed E-state index contributed by atoms with van der Waals surface area (Å²) in [5, 5.41) is 9.04. The second-order valence-electron chi connectivity index (χ2n) is 4.94. The predicted molar refractivity (Wildman–Crippen MR) is 93.4 cm³/mol. The monoisotopic (exact) mass is 376 g/mol. The topological polar surface area (TPSA) is 46.5 Å². The van der Waals surface area contributed by atoms with Gasteiger partial charge in [0.2, 0.25) is 0 Å². The first kappa shape index (κ1) is 17.6. The van der Waals surface area contributed by atoms with E-state index in [0.717, 1.165) is 10.0 Å². The summed E-state index contributed by atoms with van der Waals surface area (Å²) in [7, 11) is 0. The molecule has 0 aliphatic carbocycles. The van der Waals surface area contributed by atoms with E-state index < -0.39 is 6.10 Å². The van der Waals surface area contributed by atoms with Gasteiger partial charge in [0.15, 0.2) is 0 Å². The van der Waals surface area contributed by atoms with Gasteiger partial charge in [-0.25, -0.2) is 0 Å². The number of ether oxygens (including phenoxy) is 1. The molecule has 2 aromatic carbocycles. The van der Waals surface area contributed by atoms with Gasteiger partial charge in [-0.3, -0.25) is 0 Å². The normalized spacial score (nSPS) is 11.9. The van der Waals surface area contributed by atoms with Crippen molar-refractivity contribution >= 4 is 25.2 Å². The average molecular weight is 375 g/mol. The van der Waals surface area contributed by atoms with Gasteiger partial charge >= 0.3 is 143 Å². The number of carbonyl (C=O) groups excluding carboxylic acids is 1. The Bertz CT molecular complexity index is 667. The first-order valence-electron chi connectivity index (χ1n) is 7.33. The third kappa shape index (κ3) is 4.40. The van der Waals surface area contributed by atoms with Crippen LogP contribution in [0.2, 0.25) is 5.82 Å². The van der Waals surface area contributed by atoms with Crippen LogP contribution in [0.25, 0.3) is 0 Å². The summed E-state index contributed by atoms with van der Waals surface area (Å²) in [6.45, 7) is 4.05. The first-order chi connectivity index (χ1) is 11.2. The van der Waals surface area contributed by atoms with Crippen molar-refractivity contribution in [2.45, 2.75) is 11.9 Å². The number of aliphatic hydroxyl groups excluding tert-OH is 1. The number of hydrogen-bond donors (Lipinski definition) is 1. The van der Waals surface area contributed by atoms with E-state index in [1.165, 1.54) is 0 Å². The molecule has 0 saturated heterocycles. The molecule has 1 unspecified atom stereocenters. The Hall–Kier alpha value is -1.71. The summed E-state index contributed by atoms with van der Waals surface area (Å²) in [5.74, 6) is 1.98. The minimum atomic E-state index is -0.548. The molecular formula is C19H20O3Se. The number of carbonyl (C=O) groups is 1. The minimum absolute atomic E-state index is 0.0978. The van der Waals surface area contributed by atoms with Crippen molar-refractivity contribution in [2.24, 2.45) is 0 Å². The summed E-state index contributed by atoms with van der Waals surface area (Å²) in [6.07, 6.45) is -0.548. The zero-order chi connectivity index (χ0) is 16.7. The third-order valence-corrected chi connectivity index (χ3v) is 5.11. The quantitative estimate of drug-likeness (QED) is 0.438. The van der Waals surface area contributed by atoms with Crippen molar-refractivity contribution in [2.75, 3.05) is 13.2 Å². The Morgan fingerprint density at radius 1 is 1.17 bits per heavy atom. The fourth-order valence-electron chi connectivity index (χ4n) is 2.32. The second kappa shape index (κ2) is 8.80. The fourth-order valence-corrected chi connectivity index (χ4v) is 3.57. The average Bonchev–Trinajstić information content (AvgIpc) is 2.62. The molecule has 0 aliphatic rings. The number of hydrogen-bond acceptors (Lipinski definition) is 3. The van der Waals surface area contributed by atoms with Crippen molar-refractivity contribution in [3.8, 4) is 0 Å². The van der Waals surface area contributed by atoms with Gasteiger partial charge in [0.25, 0.3) is 0 Å². The van der Waals surface area contributed by atoms with Crippen LogP contribution >= 0.6 is 0 Å². The first-order valence-corrected chi connectivity index (χ1v) is 9.90. The number of Topliss-reactive ketones (excluding diaryl/α,β-unsaturated/α-hetero) is 1. The van der Waals surface area contributed by atoms with Crippen LogP contribution in [-0.4, -0.2) is 39.1 Å². The molecule has 0 aliphatic heterocycles. The van der Waals surface area contributed by atoms with Crippen LogP contribution in [-0.2, 0) is 4.74 Å². The van der Waals surface area contributed by atoms with Crippen molar-refractivity contribution in [1.82, 2.24) is 0 Å². The zero-order valence-corrected chi connectivity index (χ0v) is 14.8. The molecule has 0 amide bonds. The molecule has 2 aromatic rings. The van der Waals surface area contributed by atoms with E-state index in [1.807, 2.05) is 54.6 Å². The van der Waals surface area contributed by atoms with Gasteiger partial charge in [0.05, 0.1) is 0 Å². The Kier molecular flexibility index (Phi) is 6.75. The van der Waals surface area contributed by atoms with Gasteiger partial charge in [-0.15, -0.1) is 0 Å². The molecule has 1 atom stereocenters. The second-order valence-corrected chi connectivity index (χ2v) is 6.72.